The van der Waals surface area contributed by atoms with Crippen molar-refractivity contribution in [1.29, 1.82) is 0 Å². The first-order chi connectivity index (χ1) is 6.09. The number of carbonyl (C=O) groups excluding carboxylic acids is 1. The van der Waals surface area contributed by atoms with Crippen LogP contribution in [0.4, 0.5) is 10.5 Å². The van der Waals surface area contributed by atoms with Gasteiger partial charge in [0.2, 0.25) is 0 Å². The van der Waals surface area contributed by atoms with Crippen LogP contribution in [0.2, 0.25) is 0 Å². The highest BCUT2D eigenvalue weighted by Crippen LogP contribution is 2.15. The molecule has 13 heavy (non-hydrogen) atoms. The molecule has 0 aliphatic rings. The van der Waals surface area contributed by atoms with Gasteiger partial charge in [-0.15, -0.1) is 0 Å². The molecule has 0 heterocycles. The highest BCUT2D eigenvalue weighted by atomic mass is 16.3. The van der Waals surface area contributed by atoms with Crippen LogP contribution in [0.3, 0.4) is 0 Å². The Balaban J connectivity index is 2.75. The molecule has 0 fully saturated rings. The van der Waals surface area contributed by atoms with E-state index >= 15 is 0 Å². The van der Waals surface area contributed by atoms with Crippen molar-refractivity contribution in [2.24, 2.45) is 5.73 Å². The van der Waals surface area contributed by atoms with E-state index in [1.54, 1.807) is 31.2 Å². The van der Waals surface area contributed by atoms with Gasteiger partial charge in [-0.05, 0) is 24.6 Å². The number of aliphatic hydroxyl groups excluding tert-OH is 1. The van der Waals surface area contributed by atoms with Crippen molar-refractivity contribution < 1.29 is 9.90 Å². The van der Waals surface area contributed by atoms with E-state index in [0.717, 1.165) is 5.56 Å². The molecular formula is C9H12N2O2. The van der Waals surface area contributed by atoms with Crippen molar-refractivity contribution in [2.45, 2.75) is 13.0 Å². The van der Waals surface area contributed by atoms with Gasteiger partial charge in [0, 0.05) is 5.69 Å². The van der Waals surface area contributed by atoms with E-state index in [1.807, 2.05) is 0 Å². The number of amides is 2. The van der Waals surface area contributed by atoms with Gasteiger partial charge in [-0.3, -0.25) is 0 Å². The molecule has 0 saturated heterocycles. The second kappa shape index (κ2) is 3.91. The lowest BCUT2D eigenvalue weighted by atomic mass is 10.1. The third kappa shape index (κ3) is 2.76. The largest absolute Gasteiger partial charge is 0.389 e. The minimum absolute atomic E-state index is 0.498. The van der Waals surface area contributed by atoms with E-state index in [2.05, 4.69) is 5.32 Å². The van der Waals surface area contributed by atoms with E-state index < -0.39 is 12.1 Å². The molecule has 0 aromatic heterocycles. The van der Waals surface area contributed by atoms with Crippen LogP contribution >= 0.6 is 0 Å². The first kappa shape index (κ1) is 9.54. The van der Waals surface area contributed by atoms with Crippen LogP contribution in [0, 0.1) is 0 Å². The Labute approximate surface area is 76.4 Å². The zero-order chi connectivity index (χ0) is 9.84. The summed E-state index contributed by atoms with van der Waals surface area (Å²) >= 11 is 0. The lowest BCUT2D eigenvalue weighted by Crippen LogP contribution is -2.19. The molecule has 1 rings (SSSR count). The molecule has 0 aliphatic carbocycles. The van der Waals surface area contributed by atoms with Crippen molar-refractivity contribution in [2.75, 3.05) is 5.32 Å². The molecule has 4 N–H and O–H groups in total. The highest BCUT2D eigenvalue weighted by Gasteiger charge is 2.00. The minimum atomic E-state index is -0.593. The van der Waals surface area contributed by atoms with Gasteiger partial charge in [0.05, 0.1) is 6.10 Å². The van der Waals surface area contributed by atoms with Crippen LogP contribution < -0.4 is 11.1 Å². The van der Waals surface area contributed by atoms with Gasteiger partial charge in [0.15, 0.2) is 0 Å². The van der Waals surface area contributed by atoms with Crippen LogP contribution in [0.25, 0.3) is 0 Å². The summed E-state index contributed by atoms with van der Waals surface area (Å²) in [5, 5.41) is 11.6. The summed E-state index contributed by atoms with van der Waals surface area (Å²) in [4.78, 5) is 10.4. The average Bonchev–Trinajstić information content (AvgIpc) is 2.04. The molecule has 70 valence electrons. The number of nitrogens with two attached hydrogens (primary N) is 1. The molecular weight excluding hydrogens is 168 g/mol. The van der Waals surface area contributed by atoms with Gasteiger partial charge in [-0.1, -0.05) is 12.1 Å². The van der Waals surface area contributed by atoms with Gasteiger partial charge in [0.1, 0.15) is 0 Å². The summed E-state index contributed by atoms with van der Waals surface area (Å²) in [5.41, 5.74) is 6.35. The van der Waals surface area contributed by atoms with E-state index in [0.29, 0.717) is 5.69 Å². The lowest BCUT2D eigenvalue weighted by Gasteiger charge is -2.05. The quantitative estimate of drug-likeness (QED) is 0.640. The first-order valence-corrected chi connectivity index (χ1v) is 3.94. The van der Waals surface area contributed by atoms with E-state index in [9.17, 15) is 9.90 Å². The van der Waals surface area contributed by atoms with Crippen molar-refractivity contribution in [3.05, 3.63) is 29.8 Å². The van der Waals surface area contributed by atoms with Crippen molar-refractivity contribution in [1.82, 2.24) is 0 Å². The summed E-state index contributed by atoms with van der Waals surface area (Å²) in [6.45, 7) is 1.68. The Kier molecular flexibility index (Phi) is 2.87. The van der Waals surface area contributed by atoms with Crippen LogP contribution in [-0.2, 0) is 0 Å². The molecule has 0 saturated carbocycles. The summed E-state index contributed by atoms with van der Waals surface area (Å²) in [7, 11) is 0. The molecule has 0 spiro atoms. The number of primary amides is 1. The fraction of sp³-hybridized carbons (Fsp3) is 0.222. The number of hydrogen-bond acceptors (Lipinski definition) is 2. The standard InChI is InChI=1S/C9H12N2O2/c1-6(12)7-2-4-8(5-3-7)11-9(10)13/h2-6,12H,1H3,(H3,10,11,13). The zero-order valence-corrected chi connectivity index (χ0v) is 7.32. The Morgan fingerprint density at radius 1 is 1.46 bits per heavy atom. The van der Waals surface area contributed by atoms with E-state index in [1.165, 1.54) is 0 Å². The molecule has 2 amide bonds. The normalized spacial score (nSPS) is 12.2. The van der Waals surface area contributed by atoms with E-state index in [4.69, 9.17) is 5.73 Å². The monoisotopic (exact) mass is 180 g/mol. The SMILES string of the molecule is CC(O)c1ccc(NC(N)=O)cc1. The molecule has 1 unspecified atom stereocenters. The van der Waals surface area contributed by atoms with Crippen LogP contribution in [0.15, 0.2) is 24.3 Å². The number of carbonyl (C=O) groups is 1. The third-order valence-electron chi connectivity index (χ3n) is 1.66. The fourth-order valence-electron chi connectivity index (χ4n) is 0.987. The maximum atomic E-state index is 10.4. The number of benzene rings is 1. The Hall–Kier alpha value is -1.55. The van der Waals surface area contributed by atoms with Crippen molar-refractivity contribution >= 4 is 11.7 Å². The highest BCUT2D eigenvalue weighted by molar-refractivity contribution is 5.87. The summed E-state index contributed by atoms with van der Waals surface area (Å²) in [5.74, 6) is 0. The lowest BCUT2D eigenvalue weighted by molar-refractivity contribution is 0.199. The first-order valence-electron chi connectivity index (χ1n) is 3.94. The van der Waals surface area contributed by atoms with Crippen LogP contribution in [0.5, 0.6) is 0 Å². The Bertz CT molecular complexity index is 293. The number of rotatable bonds is 2. The second-order valence-electron chi connectivity index (χ2n) is 2.79. The topological polar surface area (TPSA) is 75.3 Å². The fourth-order valence-corrected chi connectivity index (χ4v) is 0.987. The number of hydrogen-bond donors (Lipinski definition) is 3. The predicted molar refractivity (Wildman–Crippen MR) is 50.3 cm³/mol. The minimum Gasteiger partial charge on any atom is -0.389 e. The second-order valence-corrected chi connectivity index (χ2v) is 2.79. The van der Waals surface area contributed by atoms with Crippen molar-refractivity contribution in [3.8, 4) is 0 Å². The maximum absolute atomic E-state index is 10.4. The van der Waals surface area contributed by atoms with Crippen molar-refractivity contribution in [3.63, 3.8) is 0 Å². The smallest absolute Gasteiger partial charge is 0.316 e. The van der Waals surface area contributed by atoms with Crippen LogP contribution in [-0.4, -0.2) is 11.1 Å². The van der Waals surface area contributed by atoms with Gasteiger partial charge >= 0.3 is 6.03 Å². The average molecular weight is 180 g/mol. The van der Waals surface area contributed by atoms with Gasteiger partial charge in [-0.25, -0.2) is 4.79 Å². The predicted octanol–water partition coefficient (Wildman–Crippen LogP) is 1.23. The van der Waals surface area contributed by atoms with Gasteiger partial charge in [0.25, 0.3) is 0 Å². The summed E-state index contributed by atoms with van der Waals surface area (Å²) < 4.78 is 0. The number of urea groups is 1. The van der Waals surface area contributed by atoms with Crippen LogP contribution in [0.1, 0.15) is 18.6 Å². The molecule has 1 aromatic rings. The number of aliphatic hydroxyl groups is 1. The van der Waals surface area contributed by atoms with Gasteiger partial charge < -0.3 is 16.2 Å². The molecule has 1 aromatic carbocycles. The summed E-state index contributed by atoms with van der Waals surface area (Å²) in [6, 6.07) is 6.25. The molecule has 0 aliphatic heterocycles. The Morgan fingerprint density at radius 2 is 2.00 bits per heavy atom. The third-order valence-corrected chi connectivity index (χ3v) is 1.66. The zero-order valence-electron chi connectivity index (χ0n) is 7.32. The molecule has 4 nitrogen and oxygen atoms in total. The number of anilines is 1. The molecule has 1 atom stereocenters. The van der Waals surface area contributed by atoms with Gasteiger partial charge in [-0.2, -0.15) is 0 Å². The molecule has 0 bridgehead atoms. The maximum Gasteiger partial charge on any atom is 0.316 e. The molecule has 4 heteroatoms. The Morgan fingerprint density at radius 3 is 2.38 bits per heavy atom. The van der Waals surface area contributed by atoms with E-state index in [-0.39, 0.29) is 0 Å². The summed E-state index contributed by atoms with van der Waals surface area (Å²) in [6.07, 6.45) is -0.498. The number of nitrogens with one attached hydrogen (secondary N) is 1. The molecule has 0 radical (unpaired) electrons.